The van der Waals surface area contributed by atoms with Gasteiger partial charge >= 0.3 is 6.18 Å². The molecule has 17 heavy (non-hydrogen) atoms. The molecule has 1 N–H and O–H groups in total. The molecule has 0 aliphatic rings. The van der Waals surface area contributed by atoms with Crippen molar-refractivity contribution >= 4 is 0 Å². The van der Waals surface area contributed by atoms with Crippen LogP contribution in [0.1, 0.15) is 38.8 Å². The number of halogens is 3. The molecular formula is C11H17F3N2O. The van der Waals surface area contributed by atoms with Crippen LogP contribution in [-0.4, -0.2) is 20.8 Å². The van der Waals surface area contributed by atoms with Crippen LogP contribution in [0, 0.1) is 0 Å². The van der Waals surface area contributed by atoms with E-state index in [-0.39, 0.29) is 12.8 Å². The van der Waals surface area contributed by atoms with E-state index >= 15 is 0 Å². The van der Waals surface area contributed by atoms with E-state index in [0.717, 1.165) is 0 Å². The minimum atomic E-state index is -4.17. The lowest BCUT2D eigenvalue weighted by molar-refractivity contribution is -0.137. The first kappa shape index (κ1) is 14.0. The zero-order valence-electron chi connectivity index (χ0n) is 9.96. The minimum Gasteiger partial charge on any atom is -0.384 e. The van der Waals surface area contributed by atoms with Crippen LogP contribution in [0.3, 0.4) is 0 Å². The second-order valence-corrected chi connectivity index (χ2v) is 4.33. The summed E-state index contributed by atoms with van der Waals surface area (Å²) >= 11 is 0. The van der Waals surface area contributed by atoms with Crippen molar-refractivity contribution in [1.29, 1.82) is 0 Å². The summed E-state index contributed by atoms with van der Waals surface area (Å²) < 4.78 is 37.7. The van der Waals surface area contributed by atoms with Crippen molar-refractivity contribution in [2.24, 2.45) is 0 Å². The summed E-state index contributed by atoms with van der Waals surface area (Å²) in [6.45, 7) is 4.13. The summed E-state index contributed by atoms with van der Waals surface area (Å²) in [4.78, 5) is 4.01. The van der Waals surface area contributed by atoms with Gasteiger partial charge in [-0.05, 0) is 26.7 Å². The maximum Gasteiger partial charge on any atom is 0.389 e. The van der Waals surface area contributed by atoms with Crippen molar-refractivity contribution in [1.82, 2.24) is 9.55 Å². The molecule has 1 rings (SSSR count). The molecule has 0 spiro atoms. The molecule has 0 radical (unpaired) electrons. The van der Waals surface area contributed by atoms with Gasteiger partial charge in [0.2, 0.25) is 0 Å². The number of aromatic nitrogens is 2. The summed E-state index contributed by atoms with van der Waals surface area (Å²) in [5, 5.41) is 10.0. The van der Waals surface area contributed by atoms with Crippen LogP contribution in [0.5, 0.6) is 0 Å². The van der Waals surface area contributed by atoms with Crippen LogP contribution < -0.4 is 0 Å². The van der Waals surface area contributed by atoms with Crippen molar-refractivity contribution in [3.63, 3.8) is 0 Å². The van der Waals surface area contributed by atoms with Crippen molar-refractivity contribution in [2.45, 2.75) is 51.4 Å². The number of rotatable bonds is 5. The highest BCUT2D eigenvalue weighted by atomic mass is 19.4. The molecule has 0 fully saturated rings. The third kappa shape index (κ3) is 4.38. The zero-order chi connectivity index (χ0) is 13.1. The molecule has 1 aromatic rings. The van der Waals surface area contributed by atoms with E-state index in [1.165, 1.54) is 6.92 Å². The Morgan fingerprint density at radius 1 is 1.35 bits per heavy atom. The molecule has 1 atom stereocenters. The lowest BCUT2D eigenvalue weighted by Gasteiger charge is -2.21. The molecule has 0 aromatic carbocycles. The summed E-state index contributed by atoms with van der Waals surface area (Å²) in [6, 6.07) is 0. The van der Waals surface area contributed by atoms with E-state index in [9.17, 15) is 18.3 Å². The summed E-state index contributed by atoms with van der Waals surface area (Å²) in [6.07, 6.45) is -1.87. The fourth-order valence-corrected chi connectivity index (χ4v) is 1.57. The van der Waals surface area contributed by atoms with E-state index < -0.39 is 18.2 Å². The molecule has 0 saturated carbocycles. The smallest absolute Gasteiger partial charge is 0.384 e. The Bertz CT molecular complexity index is 358. The summed E-state index contributed by atoms with van der Waals surface area (Å²) in [5.41, 5.74) is -0.882. The molecule has 0 amide bonds. The Morgan fingerprint density at radius 2 is 2.00 bits per heavy atom. The van der Waals surface area contributed by atoms with Gasteiger partial charge in [0.05, 0.1) is 12.0 Å². The fraction of sp³-hybridized carbons (Fsp3) is 0.727. The number of imidazole rings is 1. The first-order valence-corrected chi connectivity index (χ1v) is 5.56. The van der Waals surface area contributed by atoms with Crippen LogP contribution >= 0.6 is 0 Å². The first-order valence-electron chi connectivity index (χ1n) is 5.56. The summed E-state index contributed by atoms with van der Waals surface area (Å²) in [5.74, 6) is 0. The van der Waals surface area contributed by atoms with E-state index in [1.54, 1.807) is 17.1 Å². The summed E-state index contributed by atoms with van der Waals surface area (Å²) in [7, 11) is 0. The van der Waals surface area contributed by atoms with Crippen LogP contribution in [-0.2, 0) is 12.1 Å². The van der Waals surface area contributed by atoms with Gasteiger partial charge in [-0.3, -0.25) is 0 Å². The van der Waals surface area contributed by atoms with Gasteiger partial charge in [-0.2, -0.15) is 13.2 Å². The van der Waals surface area contributed by atoms with Crippen molar-refractivity contribution in [3.8, 4) is 0 Å². The van der Waals surface area contributed by atoms with Crippen molar-refractivity contribution < 1.29 is 18.3 Å². The lowest BCUT2D eigenvalue weighted by Crippen LogP contribution is -2.22. The van der Waals surface area contributed by atoms with Gasteiger partial charge in [-0.1, -0.05) is 0 Å². The lowest BCUT2D eigenvalue weighted by atomic mass is 9.96. The number of nitrogens with zero attached hydrogens (tertiary/aromatic N) is 2. The molecule has 0 aliphatic carbocycles. The molecule has 6 heteroatoms. The Balaban J connectivity index is 2.56. The van der Waals surface area contributed by atoms with Gasteiger partial charge in [-0.15, -0.1) is 0 Å². The molecule has 98 valence electrons. The highest BCUT2D eigenvalue weighted by molar-refractivity contribution is 5.07. The van der Waals surface area contributed by atoms with E-state index in [1.807, 2.05) is 6.92 Å². The number of aryl methyl sites for hydroxylation is 1. The fourth-order valence-electron chi connectivity index (χ4n) is 1.57. The zero-order valence-corrected chi connectivity index (χ0v) is 9.96. The van der Waals surface area contributed by atoms with Crippen LogP contribution in [0.15, 0.2) is 12.5 Å². The Kier molecular flexibility index (Phi) is 4.19. The number of aliphatic hydroxyl groups is 1. The maximum atomic E-state index is 12.0. The molecule has 1 heterocycles. The van der Waals surface area contributed by atoms with E-state index in [2.05, 4.69) is 4.98 Å². The monoisotopic (exact) mass is 250 g/mol. The SMILES string of the molecule is CCn1cnc(C(C)(O)CCCC(F)(F)F)c1. The molecule has 0 aliphatic heterocycles. The average molecular weight is 250 g/mol. The quantitative estimate of drug-likeness (QED) is 0.872. The van der Waals surface area contributed by atoms with Gasteiger partial charge in [0.15, 0.2) is 0 Å². The molecule has 0 bridgehead atoms. The molecule has 1 aromatic heterocycles. The largest absolute Gasteiger partial charge is 0.389 e. The average Bonchev–Trinajstić information content (AvgIpc) is 2.63. The Labute approximate surface area is 98.3 Å². The molecule has 0 saturated heterocycles. The Morgan fingerprint density at radius 3 is 2.47 bits per heavy atom. The van der Waals surface area contributed by atoms with Gasteiger partial charge in [0.1, 0.15) is 5.60 Å². The van der Waals surface area contributed by atoms with Gasteiger partial charge in [0, 0.05) is 19.2 Å². The second kappa shape index (κ2) is 5.08. The maximum absolute atomic E-state index is 12.0. The number of hydrogen-bond acceptors (Lipinski definition) is 2. The highest BCUT2D eigenvalue weighted by Gasteiger charge is 2.30. The first-order chi connectivity index (χ1) is 7.74. The van der Waals surface area contributed by atoms with Crippen LogP contribution in [0.4, 0.5) is 13.2 Å². The third-order valence-electron chi connectivity index (χ3n) is 2.67. The van der Waals surface area contributed by atoms with Crippen LogP contribution in [0.2, 0.25) is 0 Å². The number of hydrogen-bond donors (Lipinski definition) is 1. The minimum absolute atomic E-state index is 0.0488. The van der Waals surface area contributed by atoms with E-state index in [0.29, 0.717) is 12.2 Å². The Hall–Kier alpha value is -1.04. The molecule has 1 unspecified atom stereocenters. The standard InChI is InChI=1S/C11H17F3N2O/c1-3-16-7-9(15-8-16)10(2,17)5-4-6-11(12,13)14/h7-8,17H,3-6H2,1-2H3. The highest BCUT2D eigenvalue weighted by Crippen LogP contribution is 2.29. The van der Waals surface area contributed by atoms with Crippen molar-refractivity contribution in [2.75, 3.05) is 0 Å². The van der Waals surface area contributed by atoms with Gasteiger partial charge in [-0.25, -0.2) is 4.98 Å². The van der Waals surface area contributed by atoms with E-state index in [4.69, 9.17) is 0 Å². The van der Waals surface area contributed by atoms with Gasteiger partial charge < -0.3 is 9.67 Å². The van der Waals surface area contributed by atoms with Crippen LogP contribution in [0.25, 0.3) is 0 Å². The third-order valence-corrected chi connectivity index (χ3v) is 2.67. The predicted molar refractivity (Wildman–Crippen MR) is 57.4 cm³/mol. The van der Waals surface area contributed by atoms with Crippen molar-refractivity contribution in [3.05, 3.63) is 18.2 Å². The number of alkyl halides is 3. The second-order valence-electron chi connectivity index (χ2n) is 4.33. The molecular weight excluding hydrogens is 233 g/mol. The topological polar surface area (TPSA) is 38.0 Å². The predicted octanol–water partition coefficient (Wildman–Crippen LogP) is 2.84. The van der Waals surface area contributed by atoms with Gasteiger partial charge in [0.25, 0.3) is 0 Å². The normalized spacial score (nSPS) is 15.9. The molecule has 3 nitrogen and oxygen atoms in total.